The number of hydrogen-bond donors (Lipinski definition) is 0. The summed E-state index contributed by atoms with van der Waals surface area (Å²) in [6, 6.07) is 9.90. The highest BCUT2D eigenvalue weighted by atomic mass is 16.5. The lowest BCUT2D eigenvalue weighted by Gasteiger charge is -2.25. The van der Waals surface area contributed by atoms with Crippen molar-refractivity contribution in [1.82, 2.24) is 4.98 Å². The van der Waals surface area contributed by atoms with Gasteiger partial charge < -0.3 is 9.53 Å². The van der Waals surface area contributed by atoms with E-state index in [2.05, 4.69) is 17.1 Å². The molecular weight excluding hydrogens is 262 g/mol. The van der Waals surface area contributed by atoms with E-state index in [-0.39, 0.29) is 5.92 Å². The van der Waals surface area contributed by atoms with Crippen LogP contribution in [0.2, 0.25) is 0 Å². The number of fused-ring (bicyclic) bond motifs is 1. The summed E-state index contributed by atoms with van der Waals surface area (Å²) in [5.41, 5.74) is 4.46. The molecule has 3 heteroatoms. The first-order chi connectivity index (χ1) is 10.3. The van der Waals surface area contributed by atoms with Crippen LogP contribution in [0.15, 0.2) is 48.3 Å². The number of methoxy groups -OCH3 is 1. The first kappa shape index (κ1) is 13.6. The Bertz CT molecular complexity index is 677. The van der Waals surface area contributed by atoms with Crippen molar-refractivity contribution < 1.29 is 9.53 Å². The third-order valence-corrected chi connectivity index (χ3v) is 3.94. The Kier molecular flexibility index (Phi) is 3.82. The normalized spacial score (nSPS) is 19.1. The molecule has 0 bridgehead atoms. The smallest absolute Gasteiger partial charge is 0.131 e. The van der Waals surface area contributed by atoms with Crippen LogP contribution in [0.25, 0.3) is 6.08 Å². The number of aryl methyl sites for hydroxylation is 1. The number of allylic oxidation sites excluding steroid dienone is 1. The van der Waals surface area contributed by atoms with E-state index >= 15 is 0 Å². The molecule has 0 fully saturated rings. The number of pyridine rings is 1. The van der Waals surface area contributed by atoms with Crippen LogP contribution in [0.4, 0.5) is 0 Å². The first-order valence-electron chi connectivity index (χ1n) is 7.04. The van der Waals surface area contributed by atoms with Gasteiger partial charge in [0.1, 0.15) is 12.0 Å². The quantitative estimate of drug-likeness (QED) is 0.808. The Labute approximate surface area is 124 Å². The van der Waals surface area contributed by atoms with Crippen molar-refractivity contribution in [3.05, 3.63) is 65.0 Å². The lowest BCUT2D eigenvalue weighted by Crippen LogP contribution is -2.14. The van der Waals surface area contributed by atoms with Gasteiger partial charge in [0.05, 0.1) is 13.0 Å². The molecule has 0 aliphatic heterocycles. The number of ether oxygens (including phenoxy) is 1. The van der Waals surface area contributed by atoms with E-state index in [0.717, 1.165) is 41.6 Å². The Morgan fingerprint density at radius 1 is 1.29 bits per heavy atom. The zero-order chi connectivity index (χ0) is 14.7. The highest BCUT2D eigenvalue weighted by molar-refractivity contribution is 5.74. The molecule has 3 rings (SSSR count). The zero-order valence-electron chi connectivity index (χ0n) is 12.0. The monoisotopic (exact) mass is 279 g/mol. The molecule has 0 radical (unpaired) electrons. The molecule has 1 atom stereocenters. The molecule has 2 aromatic rings. The molecule has 0 amide bonds. The average molecular weight is 279 g/mol. The van der Waals surface area contributed by atoms with Crippen molar-refractivity contribution in [2.45, 2.75) is 18.8 Å². The van der Waals surface area contributed by atoms with Crippen LogP contribution in [0.1, 0.15) is 29.0 Å². The van der Waals surface area contributed by atoms with Crippen molar-refractivity contribution in [1.29, 1.82) is 0 Å². The van der Waals surface area contributed by atoms with Crippen molar-refractivity contribution >= 4 is 12.4 Å². The number of aldehydes is 1. The SMILES string of the molecule is COc1ccc2c(c1)C(C=O)C(=Cc1cccnc1)CC2. The summed E-state index contributed by atoms with van der Waals surface area (Å²) in [6.07, 6.45) is 8.53. The first-order valence-corrected chi connectivity index (χ1v) is 7.04. The van der Waals surface area contributed by atoms with Crippen molar-refractivity contribution in [3.8, 4) is 5.75 Å². The van der Waals surface area contributed by atoms with Gasteiger partial charge in [-0.2, -0.15) is 0 Å². The van der Waals surface area contributed by atoms with Gasteiger partial charge in [-0.15, -0.1) is 0 Å². The highest BCUT2D eigenvalue weighted by Gasteiger charge is 2.24. The highest BCUT2D eigenvalue weighted by Crippen LogP contribution is 2.37. The summed E-state index contributed by atoms with van der Waals surface area (Å²) in [5, 5.41) is 0. The van der Waals surface area contributed by atoms with Crippen LogP contribution < -0.4 is 4.74 Å². The van der Waals surface area contributed by atoms with Gasteiger partial charge in [0.15, 0.2) is 0 Å². The van der Waals surface area contributed by atoms with Gasteiger partial charge >= 0.3 is 0 Å². The molecule has 1 aliphatic carbocycles. The maximum absolute atomic E-state index is 11.6. The predicted molar refractivity (Wildman–Crippen MR) is 82.3 cm³/mol. The minimum absolute atomic E-state index is 0.191. The largest absolute Gasteiger partial charge is 0.497 e. The van der Waals surface area contributed by atoms with E-state index in [0.29, 0.717) is 0 Å². The molecule has 0 N–H and O–H groups in total. The number of carbonyl (C=O) groups excluding carboxylic acids is 1. The molecule has 21 heavy (non-hydrogen) atoms. The average Bonchev–Trinajstić information content (AvgIpc) is 2.55. The Morgan fingerprint density at radius 3 is 2.90 bits per heavy atom. The molecule has 1 aliphatic rings. The summed E-state index contributed by atoms with van der Waals surface area (Å²) < 4.78 is 5.28. The second-order valence-corrected chi connectivity index (χ2v) is 5.18. The molecule has 0 saturated carbocycles. The van der Waals surface area contributed by atoms with Crippen LogP contribution in [-0.4, -0.2) is 18.4 Å². The van der Waals surface area contributed by atoms with Gasteiger partial charge in [-0.05, 0) is 47.7 Å². The zero-order valence-corrected chi connectivity index (χ0v) is 12.0. The predicted octanol–water partition coefficient (Wildman–Crippen LogP) is 3.40. The Morgan fingerprint density at radius 2 is 2.19 bits per heavy atom. The molecule has 1 aromatic heterocycles. The molecule has 0 saturated heterocycles. The second-order valence-electron chi connectivity index (χ2n) is 5.18. The minimum Gasteiger partial charge on any atom is -0.497 e. The second kappa shape index (κ2) is 5.92. The van der Waals surface area contributed by atoms with E-state index < -0.39 is 0 Å². The van der Waals surface area contributed by atoms with Crippen LogP contribution in [0, 0.1) is 0 Å². The number of rotatable bonds is 3. The third kappa shape index (κ3) is 2.72. The summed E-state index contributed by atoms with van der Waals surface area (Å²) in [4.78, 5) is 15.7. The Hall–Kier alpha value is -2.42. The molecule has 106 valence electrons. The van der Waals surface area contributed by atoms with Gasteiger partial charge in [-0.25, -0.2) is 0 Å². The number of aromatic nitrogens is 1. The van der Waals surface area contributed by atoms with Crippen molar-refractivity contribution in [2.24, 2.45) is 0 Å². The van der Waals surface area contributed by atoms with E-state index in [4.69, 9.17) is 4.74 Å². The molecule has 0 spiro atoms. The number of benzene rings is 1. The van der Waals surface area contributed by atoms with E-state index in [1.54, 1.807) is 13.3 Å². The van der Waals surface area contributed by atoms with Gasteiger partial charge in [0.2, 0.25) is 0 Å². The fourth-order valence-corrected chi connectivity index (χ4v) is 2.85. The molecular formula is C18H17NO2. The number of nitrogens with zero attached hydrogens (tertiary/aromatic N) is 1. The number of hydrogen-bond acceptors (Lipinski definition) is 3. The van der Waals surface area contributed by atoms with Crippen LogP contribution in [-0.2, 0) is 11.2 Å². The lowest BCUT2D eigenvalue weighted by molar-refractivity contribution is -0.108. The minimum atomic E-state index is -0.191. The van der Waals surface area contributed by atoms with E-state index in [1.165, 1.54) is 5.56 Å². The van der Waals surface area contributed by atoms with E-state index in [9.17, 15) is 4.79 Å². The lowest BCUT2D eigenvalue weighted by atomic mass is 9.79. The summed E-state index contributed by atoms with van der Waals surface area (Å²) in [6.45, 7) is 0. The maximum Gasteiger partial charge on any atom is 0.131 e. The van der Waals surface area contributed by atoms with Crippen molar-refractivity contribution in [3.63, 3.8) is 0 Å². The van der Waals surface area contributed by atoms with E-state index in [1.807, 2.05) is 30.5 Å². The molecule has 1 unspecified atom stereocenters. The van der Waals surface area contributed by atoms with Crippen LogP contribution >= 0.6 is 0 Å². The van der Waals surface area contributed by atoms with Gasteiger partial charge in [0.25, 0.3) is 0 Å². The van der Waals surface area contributed by atoms with Crippen molar-refractivity contribution in [2.75, 3.05) is 7.11 Å². The summed E-state index contributed by atoms with van der Waals surface area (Å²) in [7, 11) is 1.65. The fraction of sp³-hybridized carbons (Fsp3) is 0.222. The van der Waals surface area contributed by atoms with Gasteiger partial charge in [0, 0.05) is 12.4 Å². The standard InChI is InChI=1S/C18H17NO2/c1-21-16-7-6-14-4-5-15(18(12-20)17(14)10-16)9-13-3-2-8-19-11-13/h2-3,6-12,18H,4-5H2,1H3. The summed E-state index contributed by atoms with van der Waals surface area (Å²) >= 11 is 0. The Balaban J connectivity index is 2.02. The molecule has 1 heterocycles. The third-order valence-electron chi connectivity index (χ3n) is 3.94. The summed E-state index contributed by atoms with van der Waals surface area (Å²) in [5.74, 6) is 0.604. The van der Waals surface area contributed by atoms with Crippen LogP contribution in [0.3, 0.4) is 0 Å². The maximum atomic E-state index is 11.6. The topological polar surface area (TPSA) is 39.2 Å². The van der Waals surface area contributed by atoms with Gasteiger partial charge in [-0.1, -0.05) is 23.8 Å². The molecule has 3 nitrogen and oxygen atoms in total. The fourth-order valence-electron chi connectivity index (χ4n) is 2.85. The van der Waals surface area contributed by atoms with Gasteiger partial charge in [-0.3, -0.25) is 4.98 Å². The molecule has 1 aromatic carbocycles. The number of carbonyl (C=O) groups is 1. The van der Waals surface area contributed by atoms with Crippen LogP contribution in [0.5, 0.6) is 5.75 Å².